The van der Waals surface area contributed by atoms with Gasteiger partial charge in [0.2, 0.25) is 0 Å². The molecule has 13 heavy (non-hydrogen) atoms. The second-order valence-electron chi connectivity index (χ2n) is 5.38. The van der Waals surface area contributed by atoms with E-state index in [1.54, 1.807) is 0 Å². The highest BCUT2D eigenvalue weighted by Crippen LogP contribution is 2.53. The molecule has 0 unspecified atom stereocenters. The molecule has 2 aliphatic carbocycles. The third-order valence-corrected chi connectivity index (χ3v) is 4.18. The van der Waals surface area contributed by atoms with Gasteiger partial charge in [0.25, 0.3) is 0 Å². The Morgan fingerprint density at radius 2 is 1.92 bits per heavy atom. The Bertz CT molecular complexity index is 166. The van der Waals surface area contributed by atoms with Gasteiger partial charge in [-0.1, -0.05) is 26.7 Å². The lowest BCUT2D eigenvalue weighted by Crippen LogP contribution is -2.49. The first-order chi connectivity index (χ1) is 6.23. The van der Waals surface area contributed by atoms with Gasteiger partial charge in [-0.15, -0.1) is 0 Å². The van der Waals surface area contributed by atoms with Gasteiger partial charge in [-0.25, -0.2) is 0 Å². The van der Waals surface area contributed by atoms with E-state index < -0.39 is 0 Å². The average molecular weight is 181 g/mol. The minimum atomic E-state index is 0.664. The van der Waals surface area contributed by atoms with Crippen LogP contribution in [0.1, 0.15) is 52.4 Å². The summed E-state index contributed by atoms with van der Waals surface area (Å²) in [5.74, 6) is 1.08. The van der Waals surface area contributed by atoms with Crippen LogP contribution in [-0.2, 0) is 0 Å². The summed E-state index contributed by atoms with van der Waals surface area (Å²) in [5, 5.41) is 3.64. The number of hydrogen-bond donors (Lipinski definition) is 1. The zero-order chi connectivity index (χ0) is 9.31. The highest BCUT2D eigenvalue weighted by atomic mass is 14.9. The normalized spacial score (nSPS) is 27.0. The van der Waals surface area contributed by atoms with Crippen LogP contribution in [0.2, 0.25) is 0 Å². The molecule has 0 spiro atoms. The van der Waals surface area contributed by atoms with Gasteiger partial charge in [0, 0.05) is 12.6 Å². The van der Waals surface area contributed by atoms with Crippen LogP contribution in [0.5, 0.6) is 0 Å². The third-order valence-electron chi connectivity index (χ3n) is 4.18. The third kappa shape index (κ3) is 1.76. The van der Waals surface area contributed by atoms with E-state index in [0.29, 0.717) is 6.04 Å². The highest BCUT2D eigenvalue weighted by molar-refractivity contribution is 4.98. The van der Waals surface area contributed by atoms with Gasteiger partial charge >= 0.3 is 0 Å². The summed E-state index contributed by atoms with van der Waals surface area (Å²) in [6, 6.07) is 0.664. The maximum atomic E-state index is 3.64. The molecule has 1 nitrogen and oxygen atoms in total. The maximum Gasteiger partial charge on any atom is 0.00128 e. The smallest absolute Gasteiger partial charge is 0.00128 e. The van der Waals surface area contributed by atoms with Gasteiger partial charge in [-0.05, 0) is 37.0 Å². The minimum Gasteiger partial charge on any atom is -0.314 e. The Labute approximate surface area is 82.3 Å². The lowest BCUT2D eigenvalue weighted by atomic mass is 9.55. The summed E-state index contributed by atoms with van der Waals surface area (Å²) in [4.78, 5) is 0. The molecule has 0 aromatic carbocycles. The van der Waals surface area contributed by atoms with Crippen molar-refractivity contribution in [3.05, 3.63) is 0 Å². The molecule has 0 aliphatic heterocycles. The fourth-order valence-electron chi connectivity index (χ4n) is 2.79. The van der Waals surface area contributed by atoms with Crippen LogP contribution in [0, 0.1) is 11.3 Å². The zero-order valence-electron chi connectivity index (χ0n) is 9.10. The molecular formula is C12H23N. The van der Waals surface area contributed by atoms with E-state index in [2.05, 4.69) is 19.2 Å². The number of nitrogens with one attached hydrogen (secondary N) is 1. The molecule has 2 fully saturated rings. The standard InChI is InChI=1S/C12H23N/c1-10(2)13-9-12(7-4-8-12)11-5-3-6-11/h10-11,13H,3-9H2,1-2H3. The van der Waals surface area contributed by atoms with Crippen molar-refractivity contribution >= 4 is 0 Å². The van der Waals surface area contributed by atoms with Gasteiger partial charge in [-0.2, -0.15) is 0 Å². The molecule has 2 aliphatic rings. The molecule has 0 saturated heterocycles. The molecule has 0 heterocycles. The Morgan fingerprint density at radius 1 is 1.23 bits per heavy atom. The summed E-state index contributed by atoms with van der Waals surface area (Å²) in [6.45, 7) is 5.80. The van der Waals surface area contributed by atoms with Gasteiger partial charge in [-0.3, -0.25) is 0 Å². The molecule has 0 bridgehead atoms. The van der Waals surface area contributed by atoms with Crippen LogP contribution in [0.15, 0.2) is 0 Å². The SMILES string of the molecule is CC(C)NCC1(C2CCC2)CCC1. The molecule has 0 atom stereocenters. The largest absolute Gasteiger partial charge is 0.314 e. The second-order valence-corrected chi connectivity index (χ2v) is 5.38. The fourth-order valence-corrected chi connectivity index (χ4v) is 2.79. The Hall–Kier alpha value is -0.0400. The molecule has 0 aromatic heterocycles. The summed E-state index contributed by atoms with van der Waals surface area (Å²) < 4.78 is 0. The van der Waals surface area contributed by atoms with Crippen molar-refractivity contribution in [2.45, 2.75) is 58.4 Å². The van der Waals surface area contributed by atoms with Crippen molar-refractivity contribution < 1.29 is 0 Å². The number of rotatable bonds is 4. The van der Waals surface area contributed by atoms with Crippen LogP contribution in [0.25, 0.3) is 0 Å². The van der Waals surface area contributed by atoms with Crippen molar-refractivity contribution in [3.63, 3.8) is 0 Å². The topological polar surface area (TPSA) is 12.0 Å². The monoisotopic (exact) mass is 181 g/mol. The van der Waals surface area contributed by atoms with E-state index in [4.69, 9.17) is 0 Å². The van der Waals surface area contributed by atoms with Crippen LogP contribution in [0.4, 0.5) is 0 Å². The number of hydrogen-bond acceptors (Lipinski definition) is 1. The quantitative estimate of drug-likeness (QED) is 0.703. The lowest BCUT2D eigenvalue weighted by Gasteiger charge is -2.52. The molecule has 2 saturated carbocycles. The molecule has 2 rings (SSSR count). The van der Waals surface area contributed by atoms with Crippen molar-refractivity contribution in [2.24, 2.45) is 11.3 Å². The van der Waals surface area contributed by atoms with E-state index in [-0.39, 0.29) is 0 Å². The Morgan fingerprint density at radius 3 is 2.23 bits per heavy atom. The second kappa shape index (κ2) is 3.61. The van der Waals surface area contributed by atoms with E-state index >= 15 is 0 Å². The van der Waals surface area contributed by atoms with E-state index in [1.165, 1.54) is 45.1 Å². The van der Waals surface area contributed by atoms with E-state index in [1.807, 2.05) is 0 Å². The molecule has 1 heteroatoms. The zero-order valence-corrected chi connectivity index (χ0v) is 9.10. The first-order valence-corrected chi connectivity index (χ1v) is 5.96. The van der Waals surface area contributed by atoms with Crippen molar-refractivity contribution in [1.29, 1.82) is 0 Å². The molecule has 0 aromatic rings. The fraction of sp³-hybridized carbons (Fsp3) is 1.00. The Kier molecular flexibility index (Phi) is 2.64. The van der Waals surface area contributed by atoms with Crippen LogP contribution in [0.3, 0.4) is 0 Å². The molecule has 1 N–H and O–H groups in total. The van der Waals surface area contributed by atoms with Crippen molar-refractivity contribution in [1.82, 2.24) is 5.32 Å². The van der Waals surface area contributed by atoms with Gasteiger partial charge in [0.15, 0.2) is 0 Å². The van der Waals surface area contributed by atoms with Crippen LogP contribution < -0.4 is 5.32 Å². The van der Waals surface area contributed by atoms with Gasteiger partial charge in [0.1, 0.15) is 0 Å². The first kappa shape index (κ1) is 9.51. The predicted molar refractivity (Wildman–Crippen MR) is 56.8 cm³/mol. The van der Waals surface area contributed by atoms with Gasteiger partial charge < -0.3 is 5.32 Å². The summed E-state index contributed by atoms with van der Waals surface area (Å²) in [5.41, 5.74) is 0.739. The molecular weight excluding hydrogens is 158 g/mol. The van der Waals surface area contributed by atoms with Crippen LogP contribution in [-0.4, -0.2) is 12.6 Å². The summed E-state index contributed by atoms with van der Waals surface area (Å²) in [6.07, 6.45) is 9.00. The first-order valence-electron chi connectivity index (χ1n) is 5.96. The Balaban J connectivity index is 1.83. The molecule has 0 amide bonds. The van der Waals surface area contributed by atoms with Crippen molar-refractivity contribution in [2.75, 3.05) is 6.54 Å². The predicted octanol–water partition coefficient (Wildman–Crippen LogP) is 2.95. The van der Waals surface area contributed by atoms with E-state index in [9.17, 15) is 0 Å². The minimum absolute atomic E-state index is 0.664. The average Bonchev–Trinajstić information content (AvgIpc) is 1.89. The van der Waals surface area contributed by atoms with Crippen LogP contribution >= 0.6 is 0 Å². The highest BCUT2D eigenvalue weighted by Gasteiger charge is 2.45. The maximum absolute atomic E-state index is 3.64. The summed E-state index contributed by atoms with van der Waals surface area (Å²) >= 11 is 0. The van der Waals surface area contributed by atoms with E-state index in [0.717, 1.165) is 11.3 Å². The summed E-state index contributed by atoms with van der Waals surface area (Å²) in [7, 11) is 0. The molecule has 0 radical (unpaired) electrons. The molecule has 76 valence electrons. The lowest BCUT2D eigenvalue weighted by molar-refractivity contribution is 0.00143. The van der Waals surface area contributed by atoms with Crippen molar-refractivity contribution in [3.8, 4) is 0 Å². The van der Waals surface area contributed by atoms with Gasteiger partial charge in [0.05, 0.1) is 0 Å².